The van der Waals surface area contributed by atoms with Crippen LogP contribution in [0, 0.1) is 12.8 Å². The summed E-state index contributed by atoms with van der Waals surface area (Å²) < 4.78 is 5.32. The molecule has 96 valence electrons. The van der Waals surface area contributed by atoms with Gasteiger partial charge in [0.1, 0.15) is 5.75 Å². The molecule has 1 atom stereocenters. The lowest BCUT2D eigenvalue weighted by molar-refractivity contribution is 0.0581. The summed E-state index contributed by atoms with van der Waals surface area (Å²) in [5.41, 5.74) is 8.23. The Labute approximate surface area is 108 Å². The lowest BCUT2D eigenvalue weighted by Crippen LogP contribution is -2.27. The summed E-state index contributed by atoms with van der Waals surface area (Å²) in [6, 6.07) is 5.53. The van der Waals surface area contributed by atoms with Gasteiger partial charge in [-0.05, 0) is 31.7 Å². The van der Waals surface area contributed by atoms with Crippen molar-refractivity contribution in [3.8, 4) is 5.75 Å². The standard InChI is InChI=1S/C13H19NO2.ClH/c1-9-2-3-12(15)11(8-9)13(14)10-4-6-16-7-5-10;/h2-3,8,10,13,15H,4-7,14H2,1H3;1H/t13-;/m0./s1. The van der Waals surface area contributed by atoms with E-state index in [-0.39, 0.29) is 18.4 Å². The van der Waals surface area contributed by atoms with Gasteiger partial charge in [-0.15, -0.1) is 12.4 Å². The van der Waals surface area contributed by atoms with Gasteiger partial charge in [-0.2, -0.15) is 0 Å². The van der Waals surface area contributed by atoms with E-state index in [1.807, 2.05) is 19.1 Å². The minimum absolute atomic E-state index is 0. The number of benzene rings is 1. The molecule has 0 amide bonds. The molecular weight excluding hydrogens is 238 g/mol. The normalized spacial score (nSPS) is 18.5. The van der Waals surface area contributed by atoms with Gasteiger partial charge in [-0.1, -0.05) is 17.7 Å². The topological polar surface area (TPSA) is 55.5 Å². The van der Waals surface area contributed by atoms with Crippen LogP contribution in [0.15, 0.2) is 18.2 Å². The minimum Gasteiger partial charge on any atom is -0.508 e. The summed E-state index contributed by atoms with van der Waals surface area (Å²) in [6.07, 6.45) is 1.96. The highest BCUT2D eigenvalue weighted by molar-refractivity contribution is 5.85. The summed E-state index contributed by atoms with van der Waals surface area (Å²) in [6.45, 7) is 3.58. The fraction of sp³-hybridized carbons (Fsp3) is 0.538. The fourth-order valence-corrected chi connectivity index (χ4v) is 2.27. The van der Waals surface area contributed by atoms with Crippen molar-refractivity contribution in [2.45, 2.75) is 25.8 Å². The van der Waals surface area contributed by atoms with Gasteiger partial charge < -0.3 is 15.6 Å². The van der Waals surface area contributed by atoms with Crippen LogP contribution in [0.1, 0.15) is 30.0 Å². The van der Waals surface area contributed by atoms with Crippen molar-refractivity contribution in [2.24, 2.45) is 11.7 Å². The van der Waals surface area contributed by atoms with Crippen LogP contribution in [0.5, 0.6) is 5.75 Å². The van der Waals surface area contributed by atoms with Crippen molar-refractivity contribution >= 4 is 12.4 Å². The van der Waals surface area contributed by atoms with E-state index in [2.05, 4.69) is 0 Å². The molecule has 0 saturated carbocycles. The van der Waals surface area contributed by atoms with E-state index in [1.165, 1.54) is 0 Å². The number of halogens is 1. The lowest BCUT2D eigenvalue weighted by Gasteiger charge is -2.28. The zero-order valence-corrected chi connectivity index (χ0v) is 10.9. The average Bonchev–Trinajstić information content (AvgIpc) is 2.32. The van der Waals surface area contributed by atoms with E-state index in [0.717, 1.165) is 37.2 Å². The van der Waals surface area contributed by atoms with Crippen LogP contribution in [-0.2, 0) is 4.74 Å². The molecule has 1 aromatic carbocycles. The number of phenolic OH excluding ortho intramolecular Hbond substituents is 1. The summed E-state index contributed by atoms with van der Waals surface area (Å²) in [4.78, 5) is 0. The number of hydrogen-bond donors (Lipinski definition) is 2. The first kappa shape index (κ1) is 14.3. The maximum absolute atomic E-state index is 9.82. The van der Waals surface area contributed by atoms with Crippen molar-refractivity contribution in [2.75, 3.05) is 13.2 Å². The van der Waals surface area contributed by atoms with Crippen LogP contribution in [-0.4, -0.2) is 18.3 Å². The number of nitrogens with two attached hydrogens (primary N) is 1. The molecular formula is C13H20ClNO2. The number of ether oxygens (including phenoxy) is 1. The van der Waals surface area contributed by atoms with Gasteiger partial charge in [0.15, 0.2) is 0 Å². The van der Waals surface area contributed by atoms with Gasteiger partial charge in [0.25, 0.3) is 0 Å². The molecule has 0 unspecified atom stereocenters. The maximum Gasteiger partial charge on any atom is 0.120 e. The SMILES string of the molecule is Cc1ccc(O)c([C@@H](N)C2CCOCC2)c1.Cl. The van der Waals surface area contributed by atoms with E-state index in [4.69, 9.17) is 10.5 Å². The first-order chi connectivity index (χ1) is 7.68. The Hall–Kier alpha value is -0.770. The second kappa shape index (κ2) is 6.24. The fourth-order valence-electron chi connectivity index (χ4n) is 2.27. The molecule has 1 saturated heterocycles. The van der Waals surface area contributed by atoms with Crippen molar-refractivity contribution in [3.63, 3.8) is 0 Å². The molecule has 0 bridgehead atoms. The predicted molar refractivity (Wildman–Crippen MR) is 70.6 cm³/mol. The summed E-state index contributed by atoms with van der Waals surface area (Å²) >= 11 is 0. The van der Waals surface area contributed by atoms with E-state index in [0.29, 0.717) is 11.7 Å². The third-order valence-corrected chi connectivity index (χ3v) is 3.32. The molecule has 0 aromatic heterocycles. The third kappa shape index (κ3) is 3.35. The Bertz CT molecular complexity index is 364. The van der Waals surface area contributed by atoms with Gasteiger partial charge in [-0.25, -0.2) is 0 Å². The maximum atomic E-state index is 9.82. The average molecular weight is 258 g/mol. The number of rotatable bonds is 2. The van der Waals surface area contributed by atoms with Gasteiger partial charge in [0.05, 0.1) is 0 Å². The highest BCUT2D eigenvalue weighted by atomic mass is 35.5. The van der Waals surface area contributed by atoms with Gasteiger partial charge in [-0.3, -0.25) is 0 Å². The van der Waals surface area contributed by atoms with Crippen LogP contribution < -0.4 is 5.73 Å². The minimum atomic E-state index is -0.0798. The first-order valence-corrected chi connectivity index (χ1v) is 5.81. The van der Waals surface area contributed by atoms with Gasteiger partial charge in [0.2, 0.25) is 0 Å². The molecule has 1 heterocycles. The Morgan fingerprint density at radius 3 is 2.65 bits per heavy atom. The van der Waals surface area contributed by atoms with E-state index in [9.17, 15) is 5.11 Å². The molecule has 4 heteroatoms. The monoisotopic (exact) mass is 257 g/mol. The molecule has 1 aliphatic heterocycles. The first-order valence-electron chi connectivity index (χ1n) is 5.81. The Morgan fingerprint density at radius 1 is 1.35 bits per heavy atom. The molecule has 0 radical (unpaired) electrons. The molecule has 0 spiro atoms. The second-order valence-corrected chi connectivity index (χ2v) is 4.54. The predicted octanol–water partition coefficient (Wildman–Crippen LogP) is 2.55. The van der Waals surface area contributed by atoms with Crippen LogP contribution >= 0.6 is 12.4 Å². The largest absolute Gasteiger partial charge is 0.508 e. The van der Waals surface area contributed by atoms with Crippen LogP contribution in [0.4, 0.5) is 0 Å². The molecule has 17 heavy (non-hydrogen) atoms. The molecule has 1 fully saturated rings. The van der Waals surface area contributed by atoms with E-state index >= 15 is 0 Å². The smallest absolute Gasteiger partial charge is 0.120 e. The lowest BCUT2D eigenvalue weighted by atomic mass is 9.87. The Balaban J connectivity index is 0.00000144. The number of aryl methyl sites for hydroxylation is 1. The Kier molecular flexibility index (Phi) is 5.25. The highest BCUT2D eigenvalue weighted by Crippen LogP contribution is 2.33. The highest BCUT2D eigenvalue weighted by Gasteiger charge is 2.24. The summed E-state index contributed by atoms with van der Waals surface area (Å²) in [7, 11) is 0. The van der Waals surface area contributed by atoms with Crippen molar-refractivity contribution < 1.29 is 9.84 Å². The third-order valence-electron chi connectivity index (χ3n) is 3.32. The molecule has 1 aliphatic rings. The van der Waals surface area contributed by atoms with Crippen molar-refractivity contribution in [1.29, 1.82) is 0 Å². The number of phenols is 1. The molecule has 0 aliphatic carbocycles. The molecule has 1 aromatic rings. The number of aromatic hydroxyl groups is 1. The van der Waals surface area contributed by atoms with E-state index < -0.39 is 0 Å². The molecule has 3 N–H and O–H groups in total. The van der Waals surface area contributed by atoms with Gasteiger partial charge >= 0.3 is 0 Å². The Morgan fingerprint density at radius 2 is 2.00 bits per heavy atom. The van der Waals surface area contributed by atoms with Crippen molar-refractivity contribution in [3.05, 3.63) is 29.3 Å². The molecule has 3 nitrogen and oxygen atoms in total. The second-order valence-electron chi connectivity index (χ2n) is 4.54. The van der Waals surface area contributed by atoms with Crippen LogP contribution in [0.2, 0.25) is 0 Å². The zero-order valence-electron chi connectivity index (χ0n) is 10.1. The van der Waals surface area contributed by atoms with Crippen LogP contribution in [0.25, 0.3) is 0 Å². The summed E-state index contributed by atoms with van der Waals surface area (Å²) in [5.74, 6) is 0.728. The van der Waals surface area contributed by atoms with E-state index in [1.54, 1.807) is 6.07 Å². The molecule has 2 rings (SSSR count). The number of hydrogen-bond acceptors (Lipinski definition) is 3. The quantitative estimate of drug-likeness (QED) is 0.856. The van der Waals surface area contributed by atoms with Crippen LogP contribution in [0.3, 0.4) is 0 Å². The van der Waals surface area contributed by atoms with Gasteiger partial charge in [0, 0.05) is 24.8 Å². The summed E-state index contributed by atoms with van der Waals surface area (Å²) in [5, 5.41) is 9.82. The zero-order chi connectivity index (χ0) is 11.5. The van der Waals surface area contributed by atoms with Crippen molar-refractivity contribution in [1.82, 2.24) is 0 Å².